The van der Waals surface area contributed by atoms with Gasteiger partial charge in [0.25, 0.3) is 0 Å². The van der Waals surface area contributed by atoms with Crippen molar-refractivity contribution in [1.29, 1.82) is 0 Å². The summed E-state index contributed by atoms with van der Waals surface area (Å²) in [5.74, 6) is 0.678. The van der Waals surface area contributed by atoms with E-state index in [0.717, 1.165) is 4.47 Å². The number of hydrogen-bond donors (Lipinski definition) is 1. The van der Waals surface area contributed by atoms with Gasteiger partial charge in [-0.3, -0.25) is 0 Å². The van der Waals surface area contributed by atoms with E-state index in [9.17, 15) is 9.90 Å². The number of benzene rings is 2. The second kappa shape index (κ2) is 7.17. The van der Waals surface area contributed by atoms with Crippen molar-refractivity contribution < 1.29 is 24.1 Å². The van der Waals surface area contributed by atoms with E-state index in [1.807, 2.05) is 0 Å². The van der Waals surface area contributed by atoms with Gasteiger partial charge in [0.05, 0.1) is 24.3 Å². The molecule has 0 spiro atoms. The molecule has 0 atom stereocenters. The van der Waals surface area contributed by atoms with Crippen LogP contribution >= 0.6 is 15.9 Å². The minimum Gasteiger partial charge on any atom is -0.508 e. The molecule has 0 saturated heterocycles. The van der Waals surface area contributed by atoms with Crippen LogP contribution in [0.25, 0.3) is 0 Å². The van der Waals surface area contributed by atoms with Crippen molar-refractivity contribution >= 4 is 21.9 Å². The van der Waals surface area contributed by atoms with Crippen molar-refractivity contribution in [3.8, 4) is 17.2 Å². The van der Waals surface area contributed by atoms with Crippen LogP contribution in [0.2, 0.25) is 0 Å². The Hall–Kier alpha value is -2.21. The van der Waals surface area contributed by atoms with Crippen LogP contribution in [0.3, 0.4) is 0 Å². The molecule has 0 heterocycles. The predicted molar refractivity (Wildman–Crippen MR) is 84.5 cm³/mol. The number of ether oxygens (including phenoxy) is 3. The number of phenolic OH excluding ortho intramolecular Hbond substituents is 1. The second-order valence-corrected chi connectivity index (χ2v) is 5.28. The molecular formula is C16H15BrO5. The molecule has 6 heteroatoms. The summed E-state index contributed by atoms with van der Waals surface area (Å²) >= 11 is 3.37. The van der Waals surface area contributed by atoms with Gasteiger partial charge in [0.1, 0.15) is 23.9 Å². The number of carbonyl (C=O) groups is 1. The second-order valence-electron chi connectivity index (χ2n) is 4.43. The van der Waals surface area contributed by atoms with Gasteiger partial charge >= 0.3 is 5.97 Å². The van der Waals surface area contributed by atoms with Crippen LogP contribution in [0.4, 0.5) is 0 Å². The highest BCUT2D eigenvalue weighted by Gasteiger charge is 2.13. The van der Waals surface area contributed by atoms with E-state index in [-0.39, 0.29) is 17.9 Å². The zero-order chi connectivity index (χ0) is 16.1. The third-order valence-electron chi connectivity index (χ3n) is 3.00. The highest BCUT2D eigenvalue weighted by atomic mass is 79.9. The number of hydrogen-bond acceptors (Lipinski definition) is 5. The van der Waals surface area contributed by atoms with E-state index in [2.05, 4.69) is 15.9 Å². The van der Waals surface area contributed by atoms with Crippen LogP contribution < -0.4 is 9.47 Å². The number of phenols is 1. The Kier molecular flexibility index (Phi) is 5.27. The van der Waals surface area contributed by atoms with Crippen molar-refractivity contribution in [2.24, 2.45) is 0 Å². The summed E-state index contributed by atoms with van der Waals surface area (Å²) in [6, 6.07) is 9.47. The van der Waals surface area contributed by atoms with E-state index in [4.69, 9.17) is 14.2 Å². The van der Waals surface area contributed by atoms with E-state index in [0.29, 0.717) is 17.1 Å². The third kappa shape index (κ3) is 3.71. The number of methoxy groups -OCH3 is 2. The van der Waals surface area contributed by atoms with Gasteiger partial charge in [-0.15, -0.1) is 0 Å². The molecule has 0 fully saturated rings. The molecule has 0 amide bonds. The Morgan fingerprint density at radius 3 is 2.50 bits per heavy atom. The van der Waals surface area contributed by atoms with Crippen molar-refractivity contribution in [3.05, 3.63) is 52.0 Å². The summed E-state index contributed by atoms with van der Waals surface area (Å²) in [7, 11) is 3.09. The first-order valence-corrected chi connectivity index (χ1v) is 7.21. The zero-order valence-electron chi connectivity index (χ0n) is 12.1. The molecule has 0 radical (unpaired) electrons. The van der Waals surface area contributed by atoms with Gasteiger partial charge in [-0.1, -0.05) is 6.07 Å². The lowest BCUT2D eigenvalue weighted by Crippen LogP contribution is -2.06. The molecule has 22 heavy (non-hydrogen) atoms. The van der Waals surface area contributed by atoms with E-state index in [1.165, 1.54) is 19.2 Å². The largest absolute Gasteiger partial charge is 0.508 e. The first-order chi connectivity index (χ1) is 10.5. The van der Waals surface area contributed by atoms with Gasteiger partial charge in [0.2, 0.25) is 0 Å². The van der Waals surface area contributed by atoms with Gasteiger partial charge in [-0.25, -0.2) is 4.79 Å². The minimum atomic E-state index is -0.528. The number of esters is 1. The van der Waals surface area contributed by atoms with Crippen LogP contribution in [0.1, 0.15) is 15.9 Å². The van der Waals surface area contributed by atoms with Crippen molar-refractivity contribution in [3.63, 3.8) is 0 Å². The van der Waals surface area contributed by atoms with Crippen LogP contribution in [0.15, 0.2) is 40.9 Å². The molecule has 0 bridgehead atoms. The number of aromatic hydroxyl groups is 1. The van der Waals surface area contributed by atoms with Gasteiger partial charge in [0, 0.05) is 5.56 Å². The highest BCUT2D eigenvalue weighted by Crippen LogP contribution is 2.33. The Morgan fingerprint density at radius 2 is 1.86 bits per heavy atom. The lowest BCUT2D eigenvalue weighted by molar-refractivity contribution is 0.0469. The molecular weight excluding hydrogens is 352 g/mol. The molecule has 0 aliphatic rings. The maximum absolute atomic E-state index is 12.0. The summed E-state index contributed by atoms with van der Waals surface area (Å²) in [6.07, 6.45) is 0. The summed E-state index contributed by atoms with van der Waals surface area (Å²) in [4.78, 5) is 12.0. The van der Waals surface area contributed by atoms with Crippen LogP contribution in [0.5, 0.6) is 17.2 Å². The molecule has 1 N–H and O–H groups in total. The fourth-order valence-electron chi connectivity index (χ4n) is 1.90. The topological polar surface area (TPSA) is 65.0 Å². The van der Waals surface area contributed by atoms with Gasteiger partial charge in [-0.2, -0.15) is 0 Å². The predicted octanol–water partition coefficient (Wildman–Crippen LogP) is 3.53. The summed E-state index contributed by atoms with van der Waals surface area (Å²) < 4.78 is 16.5. The molecule has 0 aromatic heterocycles. The number of carbonyl (C=O) groups excluding carboxylic acids is 1. The smallest absolute Gasteiger partial charge is 0.338 e. The van der Waals surface area contributed by atoms with E-state index in [1.54, 1.807) is 31.4 Å². The first-order valence-electron chi connectivity index (χ1n) is 6.41. The lowest BCUT2D eigenvalue weighted by Gasteiger charge is -2.12. The molecule has 0 unspecified atom stereocenters. The molecule has 2 aromatic rings. The fraction of sp³-hybridized carbons (Fsp3) is 0.188. The first kappa shape index (κ1) is 16.2. The molecule has 2 rings (SSSR count). The number of halogens is 1. The van der Waals surface area contributed by atoms with E-state index >= 15 is 0 Å². The van der Waals surface area contributed by atoms with Crippen molar-refractivity contribution in [2.75, 3.05) is 14.2 Å². The average Bonchev–Trinajstić information content (AvgIpc) is 2.52. The standard InChI is InChI=1S/C16H15BrO5/c1-20-14-8-13(17)15(21-2)7-11(14)9-22-16(19)10-4-3-5-12(18)6-10/h3-8,18H,9H2,1-2H3. The summed E-state index contributed by atoms with van der Waals surface area (Å²) in [6.45, 7) is 0.0291. The maximum atomic E-state index is 12.0. The number of rotatable bonds is 5. The molecule has 116 valence electrons. The van der Waals surface area contributed by atoms with Crippen LogP contribution in [-0.2, 0) is 11.3 Å². The molecule has 5 nitrogen and oxygen atoms in total. The quantitative estimate of drug-likeness (QED) is 0.820. The molecule has 2 aromatic carbocycles. The zero-order valence-corrected chi connectivity index (χ0v) is 13.7. The van der Waals surface area contributed by atoms with Gasteiger partial charge in [-0.05, 0) is 46.3 Å². The SMILES string of the molecule is COc1cc(COC(=O)c2cccc(O)c2)c(OC)cc1Br. The van der Waals surface area contributed by atoms with Crippen LogP contribution in [-0.4, -0.2) is 25.3 Å². The average molecular weight is 367 g/mol. The normalized spacial score (nSPS) is 10.1. The molecule has 0 aliphatic heterocycles. The van der Waals surface area contributed by atoms with Crippen LogP contribution in [0, 0.1) is 0 Å². The molecule has 0 saturated carbocycles. The molecule has 0 aliphatic carbocycles. The Morgan fingerprint density at radius 1 is 1.14 bits per heavy atom. The lowest BCUT2D eigenvalue weighted by atomic mass is 10.2. The minimum absolute atomic E-state index is 0.0114. The van der Waals surface area contributed by atoms with Gasteiger partial charge in [0.15, 0.2) is 0 Å². The van der Waals surface area contributed by atoms with Crippen molar-refractivity contribution in [1.82, 2.24) is 0 Å². The van der Waals surface area contributed by atoms with Crippen molar-refractivity contribution in [2.45, 2.75) is 6.61 Å². The summed E-state index contributed by atoms with van der Waals surface area (Å²) in [5.41, 5.74) is 0.957. The summed E-state index contributed by atoms with van der Waals surface area (Å²) in [5, 5.41) is 9.38. The Labute approximate surface area is 136 Å². The van der Waals surface area contributed by atoms with Gasteiger partial charge < -0.3 is 19.3 Å². The van der Waals surface area contributed by atoms with E-state index < -0.39 is 5.97 Å². The maximum Gasteiger partial charge on any atom is 0.338 e. The Bertz CT molecular complexity index is 684. The Balaban J connectivity index is 2.15. The monoisotopic (exact) mass is 366 g/mol. The highest BCUT2D eigenvalue weighted by molar-refractivity contribution is 9.10. The fourth-order valence-corrected chi connectivity index (χ4v) is 2.38. The third-order valence-corrected chi connectivity index (χ3v) is 3.62.